The average molecular weight is 483 g/mol. The molecular formula is C17H6Cl6N2O2. The van der Waals surface area contributed by atoms with Crippen molar-refractivity contribution in [2.75, 3.05) is 0 Å². The Labute approximate surface area is 183 Å². The van der Waals surface area contributed by atoms with E-state index >= 15 is 0 Å². The Hall–Kier alpha value is -1.27. The third-order valence-electron chi connectivity index (χ3n) is 3.58. The minimum Gasteiger partial charge on any atom is -0.258 e. The number of aromatic nitrogens is 1. The number of nitrogens with zero attached hydrogens (tertiary/aromatic N) is 2. The van der Waals surface area contributed by atoms with Gasteiger partial charge in [0.1, 0.15) is 0 Å². The highest BCUT2D eigenvalue weighted by Crippen LogP contribution is 2.38. The Morgan fingerprint density at radius 2 is 1.00 bits per heavy atom. The van der Waals surface area contributed by atoms with Crippen LogP contribution in [0.4, 0.5) is 5.69 Å². The molecule has 4 nitrogen and oxygen atoms in total. The van der Waals surface area contributed by atoms with Gasteiger partial charge < -0.3 is 0 Å². The van der Waals surface area contributed by atoms with E-state index in [0.717, 1.165) is 0 Å². The van der Waals surface area contributed by atoms with Gasteiger partial charge in [0.05, 0.1) is 46.4 Å². The number of nitro groups is 1. The van der Waals surface area contributed by atoms with Crippen molar-refractivity contribution >= 4 is 75.3 Å². The van der Waals surface area contributed by atoms with Crippen molar-refractivity contribution in [3.8, 4) is 22.5 Å². The summed E-state index contributed by atoms with van der Waals surface area (Å²) in [6.45, 7) is 0. The zero-order valence-corrected chi connectivity index (χ0v) is 17.5. The molecule has 0 aliphatic carbocycles. The molecule has 0 atom stereocenters. The van der Waals surface area contributed by atoms with Crippen LogP contribution in [-0.4, -0.2) is 9.91 Å². The first-order chi connectivity index (χ1) is 12.7. The Morgan fingerprint density at radius 3 is 1.30 bits per heavy atom. The summed E-state index contributed by atoms with van der Waals surface area (Å²) >= 11 is 36.2. The third-order valence-corrected chi connectivity index (χ3v) is 5.97. The van der Waals surface area contributed by atoms with Crippen molar-refractivity contribution < 1.29 is 4.92 Å². The van der Waals surface area contributed by atoms with Gasteiger partial charge in [-0.2, -0.15) is 0 Å². The number of rotatable bonds is 3. The van der Waals surface area contributed by atoms with Crippen LogP contribution in [-0.2, 0) is 0 Å². The number of hydrogen-bond donors (Lipinski definition) is 0. The van der Waals surface area contributed by atoms with Gasteiger partial charge in [0, 0.05) is 23.3 Å². The maximum atomic E-state index is 11.4. The molecule has 0 N–H and O–H groups in total. The van der Waals surface area contributed by atoms with Crippen molar-refractivity contribution in [2.24, 2.45) is 0 Å². The van der Waals surface area contributed by atoms with E-state index in [1.807, 2.05) is 0 Å². The lowest BCUT2D eigenvalue weighted by Gasteiger charge is -2.09. The molecule has 2 aromatic carbocycles. The summed E-state index contributed by atoms with van der Waals surface area (Å²) in [6.07, 6.45) is 0. The van der Waals surface area contributed by atoms with E-state index in [-0.39, 0.29) is 47.2 Å². The predicted octanol–water partition coefficient (Wildman–Crippen LogP) is 8.24. The van der Waals surface area contributed by atoms with E-state index in [4.69, 9.17) is 69.6 Å². The maximum absolute atomic E-state index is 11.4. The second-order valence-electron chi connectivity index (χ2n) is 5.36. The Balaban J connectivity index is 2.25. The highest BCUT2D eigenvalue weighted by molar-refractivity contribution is 6.49. The molecule has 0 unspecified atom stereocenters. The first-order valence-corrected chi connectivity index (χ1v) is 9.40. The van der Waals surface area contributed by atoms with Crippen LogP contribution in [0.3, 0.4) is 0 Å². The molecule has 138 valence electrons. The van der Waals surface area contributed by atoms with Crippen LogP contribution in [0.15, 0.2) is 36.4 Å². The van der Waals surface area contributed by atoms with E-state index in [1.54, 1.807) is 0 Å². The quantitative estimate of drug-likeness (QED) is 0.214. The molecule has 27 heavy (non-hydrogen) atoms. The standard InChI is InChI=1S/C17H6Cl6N2O2/c18-10-1-7(2-11(19)16(10)22)14-5-9(25(26)27)6-15(24-14)8-3-12(20)17(23)13(21)4-8/h1-6H. The second kappa shape index (κ2) is 8.00. The first-order valence-electron chi connectivity index (χ1n) is 7.13. The summed E-state index contributed by atoms with van der Waals surface area (Å²) in [5.74, 6) is 0. The van der Waals surface area contributed by atoms with Crippen LogP contribution in [0.5, 0.6) is 0 Å². The van der Waals surface area contributed by atoms with Crippen molar-refractivity contribution in [3.05, 3.63) is 76.6 Å². The lowest BCUT2D eigenvalue weighted by Crippen LogP contribution is -1.95. The minimum absolute atomic E-state index is 0.181. The van der Waals surface area contributed by atoms with Gasteiger partial charge >= 0.3 is 0 Å². The Bertz CT molecular complexity index is 965. The van der Waals surface area contributed by atoms with Crippen molar-refractivity contribution in [1.29, 1.82) is 0 Å². The molecule has 0 radical (unpaired) electrons. The molecule has 0 bridgehead atoms. The lowest BCUT2D eigenvalue weighted by molar-refractivity contribution is -0.384. The molecule has 0 aliphatic heterocycles. The summed E-state index contributed by atoms with van der Waals surface area (Å²) in [5.41, 5.74) is 1.30. The van der Waals surface area contributed by atoms with Gasteiger partial charge in [-0.3, -0.25) is 10.1 Å². The Morgan fingerprint density at radius 1 is 0.667 bits per heavy atom. The zero-order chi connectivity index (χ0) is 19.9. The summed E-state index contributed by atoms with van der Waals surface area (Å²) in [6, 6.07) is 8.69. The summed E-state index contributed by atoms with van der Waals surface area (Å²) in [4.78, 5) is 15.3. The van der Waals surface area contributed by atoms with Crippen LogP contribution in [0.2, 0.25) is 30.1 Å². The predicted molar refractivity (Wildman–Crippen MR) is 112 cm³/mol. The van der Waals surface area contributed by atoms with Gasteiger partial charge in [0.25, 0.3) is 5.69 Å². The number of pyridine rings is 1. The minimum atomic E-state index is -0.535. The SMILES string of the molecule is O=[N+]([O-])c1cc(-c2cc(Cl)c(Cl)c(Cl)c2)nc(-c2cc(Cl)c(Cl)c(Cl)c2)c1. The normalized spacial score (nSPS) is 10.9. The fourth-order valence-electron chi connectivity index (χ4n) is 2.32. The van der Waals surface area contributed by atoms with Crippen molar-refractivity contribution in [1.82, 2.24) is 4.98 Å². The largest absolute Gasteiger partial charge is 0.273 e. The fraction of sp³-hybridized carbons (Fsp3) is 0. The molecule has 3 rings (SSSR count). The van der Waals surface area contributed by atoms with E-state index in [9.17, 15) is 10.1 Å². The summed E-state index contributed by atoms with van der Waals surface area (Å²) in [5, 5.41) is 12.5. The molecule has 10 heteroatoms. The zero-order valence-electron chi connectivity index (χ0n) is 12.9. The molecule has 1 heterocycles. The van der Waals surface area contributed by atoms with Crippen LogP contribution in [0.1, 0.15) is 0 Å². The van der Waals surface area contributed by atoms with Crippen molar-refractivity contribution in [3.63, 3.8) is 0 Å². The molecular weight excluding hydrogens is 477 g/mol. The highest BCUT2D eigenvalue weighted by Gasteiger charge is 2.17. The van der Waals surface area contributed by atoms with E-state index in [1.165, 1.54) is 36.4 Å². The van der Waals surface area contributed by atoms with Crippen LogP contribution < -0.4 is 0 Å². The molecule has 0 aliphatic rings. The van der Waals surface area contributed by atoms with Crippen LogP contribution in [0, 0.1) is 10.1 Å². The molecule has 0 fully saturated rings. The van der Waals surface area contributed by atoms with Gasteiger partial charge in [0.2, 0.25) is 0 Å². The van der Waals surface area contributed by atoms with Crippen LogP contribution >= 0.6 is 69.6 Å². The number of halogens is 6. The maximum Gasteiger partial charge on any atom is 0.273 e. The Kier molecular flexibility index (Phi) is 6.06. The highest BCUT2D eigenvalue weighted by atomic mass is 35.5. The van der Waals surface area contributed by atoms with Crippen LogP contribution in [0.25, 0.3) is 22.5 Å². The van der Waals surface area contributed by atoms with E-state index < -0.39 is 4.92 Å². The van der Waals surface area contributed by atoms with Gasteiger partial charge in [-0.25, -0.2) is 4.98 Å². The van der Waals surface area contributed by atoms with Gasteiger partial charge in [-0.15, -0.1) is 0 Å². The fourth-order valence-corrected chi connectivity index (χ4v) is 3.52. The van der Waals surface area contributed by atoms with E-state index in [0.29, 0.717) is 11.1 Å². The topological polar surface area (TPSA) is 56.0 Å². The molecule has 0 amide bonds. The summed E-state index contributed by atoms with van der Waals surface area (Å²) in [7, 11) is 0. The van der Waals surface area contributed by atoms with Gasteiger partial charge in [-0.1, -0.05) is 69.6 Å². The molecule has 0 saturated heterocycles. The molecule has 3 aromatic rings. The van der Waals surface area contributed by atoms with E-state index in [2.05, 4.69) is 4.98 Å². The molecule has 0 saturated carbocycles. The number of hydrogen-bond acceptors (Lipinski definition) is 3. The lowest BCUT2D eigenvalue weighted by atomic mass is 10.1. The smallest absolute Gasteiger partial charge is 0.258 e. The average Bonchev–Trinajstić information content (AvgIpc) is 2.62. The molecule has 1 aromatic heterocycles. The molecule has 0 spiro atoms. The first kappa shape index (κ1) is 20.5. The second-order valence-corrected chi connectivity index (χ2v) is 7.75. The van der Waals surface area contributed by atoms with Gasteiger partial charge in [0.15, 0.2) is 0 Å². The third kappa shape index (κ3) is 4.27. The number of benzene rings is 2. The van der Waals surface area contributed by atoms with Gasteiger partial charge in [-0.05, 0) is 24.3 Å². The van der Waals surface area contributed by atoms with Crippen molar-refractivity contribution in [2.45, 2.75) is 0 Å². The monoisotopic (exact) mass is 480 g/mol. The summed E-state index contributed by atoms with van der Waals surface area (Å²) < 4.78 is 0.